The second-order valence-electron chi connectivity index (χ2n) is 4.57. The Balaban J connectivity index is 2.00. The van der Waals surface area contributed by atoms with Gasteiger partial charge >= 0.3 is 0 Å². The van der Waals surface area contributed by atoms with Crippen LogP contribution in [0, 0.1) is 0 Å². The summed E-state index contributed by atoms with van der Waals surface area (Å²) in [4.78, 5) is 12.0. The first-order valence-electron chi connectivity index (χ1n) is 6.11. The average Bonchev–Trinajstić information content (AvgIpc) is 2.63. The molecule has 1 aliphatic carbocycles. The van der Waals surface area contributed by atoms with Crippen molar-refractivity contribution in [2.75, 3.05) is 0 Å². The molecule has 0 aromatic carbocycles. The molecule has 0 spiro atoms. The summed E-state index contributed by atoms with van der Waals surface area (Å²) in [5.74, 6) is -0.0810. The molecule has 2 atom stereocenters. The van der Waals surface area contributed by atoms with Gasteiger partial charge in [-0.05, 0) is 18.9 Å². The molecule has 17 heavy (non-hydrogen) atoms. The fourth-order valence-corrected chi connectivity index (χ4v) is 2.61. The Morgan fingerprint density at radius 2 is 2.24 bits per heavy atom. The van der Waals surface area contributed by atoms with E-state index < -0.39 is 0 Å². The van der Waals surface area contributed by atoms with Crippen molar-refractivity contribution in [2.24, 2.45) is 7.05 Å². The highest BCUT2D eigenvalue weighted by atomic mass is 35.5. The number of nitrogens with one attached hydrogen (secondary N) is 1. The molecule has 1 aliphatic rings. The molecule has 2 rings (SSSR count). The van der Waals surface area contributed by atoms with Crippen molar-refractivity contribution in [2.45, 2.75) is 43.5 Å². The topological polar surface area (TPSA) is 46.9 Å². The second kappa shape index (κ2) is 5.54. The molecule has 4 nitrogen and oxygen atoms in total. The first kappa shape index (κ1) is 12.4. The van der Waals surface area contributed by atoms with Crippen LogP contribution in [0.1, 0.15) is 42.6 Å². The fourth-order valence-electron chi connectivity index (χ4n) is 2.26. The van der Waals surface area contributed by atoms with Gasteiger partial charge < -0.3 is 5.32 Å². The maximum Gasteiger partial charge on any atom is 0.269 e. The Morgan fingerprint density at radius 3 is 2.94 bits per heavy atom. The van der Waals surface area contributed by atoms with Crippen molar-refractivity contribution in [3.05, 3.63) is 18.0 Å². The molecule has 5 heteroatoms. The maximum atomic E-state index is 12.0. The smallest absolute Gasteiger partial charge is 0.269 e. The Hall–Kier alpha value is -1.03. The minimum Gasteiger partial charge on any atom is -0.346 e. The third-order valence-corrected chi connectivity index (χ3v) is 3.82. The SMILES string of the molecule is Cn1nccc1C(=O)NC1CCCCCC1Cl. The summed E-state index contributed by atoms with van der Waals surface area (Å²) in [5, 5.41) is 7.06. The first-order valence-corrected chi connectivity index (χ1v) is 6.55. The van der Waals surface area contributed by atoms with Crippen molar-refractivity contribution in [3.63, 3.8) is 0 Å². The Labute approximate surface area is 106 Å². The van der Waals surface area contributed by atoms with E-state index in [0.717, 1.165) is 25.7 Å². The number of rotatable bonds is 2. The zero-order valence-electron chi connectivity index (χ0n) is 10.0. The zero-order chi connectivity index (χ0) is 12.3. The number of hydrogen-bond donors (Lipinski definition) is 1. The van der Waals surface area contributed by atoms with Gasteiger partial charge in [-0.2, -0.15) is 5.10 Å². The summed E-state index contributed by atoms with van der Waals surface area (Å²) in [7, 11) is 1.76. The van der Waals surface area contributed by atoms with Gasteiger partial charge in [-0.1, -0.05) is 19.3 Å². The quantitative estimate of drug-likeness (QED) is 0.650. The molecule has 0 aliphatic heterocycles. The van der Waals surface area contributed by atoms with Gasteiger partial charge in [-0.15, -0.1) is 11.6 Å². The molecule has 1 aromatic heterocycles. The average molecular weight is 256 g/mol. The molecule has 0 radical (unpaired) electrons. The number of hydrogen-bond acceptors (Lipinski definition) is 2. The van der Waals surface area contributed by atoms with E-state index in [0.29, 0.717) is 5.69 Å². The number of aromatic nitrogens is 2. The highest BCUT2D eigenvalue weighted by molar-refractivity contribution is 6.21. The van der Waals surface area contributed by atoms with E-state index in [1.807, 2.05) is 0 Å². The Morgan fingerprint density at radius 1 is 1.47 bits per heavy atom. The molecular weight excluding hydrogens is 238 g/mol. The van der Waals surface area contributed by atoms with E-state index in [1.54, 1.807) is 24.0 Å². The summed E-state index contributed by atoms with van der Waals surface area (Å²) in [6.45, 7) is 0. The predicted octanol–water partition coefficient (Wildman–Crippen LogP) is 2.09. The van der Waals surface area contributed by atoms with Crippen molar-refractivity contribution in [3.8, 4) is 0 Å². The van der Waals surface area contributed by atoms with E-state index >= 15 is 0 Å². The summed E-state index contributed by atoms with van der Waals surface area (Å²) >= 11 is 6.30. The number of carbonyl (C=O) groups excluding carboxylic acids is 1. The maximum absolute atomic E-state index is 12.0. The van der Waals surface area contributed by atoms with E-state index in [2.05, 4.69) is 10.4 Å². The lowest BCUT2D eigenvalue weighted by molar-refractivity contribution is 0.0924. The molecule has 1 heterocycles. The van der Waals surface area contributed by atoms with Crippen LogP contribution in [0.15, 0.2) is 12.3 Å². The largest absolute Gasteiger partial charge is 0.346 e. The summed E-state index contributed by atoms with van der Waals surface area (Å²) < 4.78 is 1.58. The first-order chi connectivity index (χ1) is 8.18. The third-order valence-electron chi connectivity index (χ3n) is 3.30. The van der Waals surface area contributed by atoms with Crippen LogP contribution in [0.5, 0.6) is 0 Å². The number of amides is 1. The minimum absolute atomic E-state index is 0.0506. The van der Waals surface area contributed by atoms with Crippen LogP contribution >= 0.6 is 11.6 Å². The van der Waals surface area contributed by atoms with Crippen molar-refractivity contribution in [1.29, 1.82) is 0 Å². The van der Waals surface area contributed by atoms with Crippen LogP contribution < -0.4 is 5.32 Å². The highest BCUT2D eigenvalue weighted by Crippen LogP contribution is 2.22. The molecule has 1 aromatic rings. The van der Waals surface area contributed by atoms with Gasteiger partial charge in [-0.25, -0.2) is 0 Å². The van der Waals surface area contributed by atoms with Crippen LogP contribution in [-0.2, 0) is 7.05 Å². The van der Waals surface area contributed by atoms with E-state index in [4.69, 9.17) is 11.6 Å². The van der Waals surface area contributed by atoms with E-state index in [9.17, 15) is 4.79 Å². The summed E-state index contributed by atoms with van der Waals surface area (Å²) in [5.41, 5.74) is 0.582. The van der Waals surface area contributed by atoms with Gasteiger partial charge in [0.15, 0.2) is 0 Å². The molecular formula is C12H18ClN3O. The number of halogens is 1. The number of nitrogens with zero attached hydrogens (tertiary/aromatic N) is 2. The molecule has 1 amide bonds. The van der Waals surface area contributed by atoms with Gasteiger partial charge in [0.25, 0.3) is 5.91 Å². The Bertz CT molecular complexity index is 391. The van der Waals surface area contributed by atoms with Crippen molar-refractivity contribution >= 4 is 17.5 Å². The number of alkyl halides is 1. The van der Waals surface area contributed by atoms with Gasteiger partial charge in [-0.3, -0.25) is 9.48 Å². The lowest BCUT2D eigenvalue weighted by Crippen LogP contribution is -2.41. The lowest BCUT2D eigenvalue weighted by Gasteiger charge is -2.21. The lowest BCUT2D eigenvalue weighted by atomic mass is 10.1. The minimum atomic E-state index is -0.0810. The molecule has 1 N–H and O–H groups in total. The third kappa shape index (κ3) is 3.00. The van der Waals surface area contributed by atoms with Gasteiger partial charge in [0, 0.05) is 19.3 Å². The van der Waals surface area contributed by atoms with Crippen LogP contribution in [-0.4, -0.2) is 27.1 Å². The van der Waals surface area contributed by atoms with Crippen molar-refractivity contribution in [1.82, 2.24) is 15.1 Å². The molecule has 94 valence electrons. The van der Waals surface area contributed by atoms with E-state index in [1.165, 1.54) is 6.42 Å². The second-order valence-corrected chi connectivity index (χ2v) is 5.13. The molecule has 2 unspecified atom stereocenters. The fraction of sp³-hybridized carbons (Fsp3) is 0.667. The predicted molar refractivity (Wildman–Crippen MR) is 67.2 cm³/mol. The molecule has 1 saturated carbocycles. The van der Waals surface area contributed by atoms with Gasteiger partial charge in [0.05, 0.1) is 5.38 Å². The normalized spacial score (nSPS) is 25.3. The highest BCUT2D eigenvalue weighted by Gasteiger charge is 2.24. The summed E-state index contributed by atoms with van der Waals surface area (Å²) in [6, 6.07) is 1.80. The molecule has 1 fully saturated rings. The van der Waals surface area contributed by atoms with Crippen LogP contribution in [0.2, 0.25) is 0 Å². The molecule has 0 bridgehead atoms. The zero-order valence-corrected chi connectivity index (χ0v) is 10.8. The van der Waals surface area contributed by atoms with Crippen molar-refractivity contribution < 1.29 is 4.79 Å². The standard InChI is InChI=1S/C12H18ClN3O/c1-16-11(7-8-14-16)12(17)15-10-6-4-2-3-5-9(10)13/h7-10H,2-6H2,1H3,(H,15,17). The van der Waals surface area contributed by atoms with Crippen LogP contribution in [0.25, 0.3) is 0 Å². The monoisotopic (exact) mass is 255 g/mol. The number of aryl methyl sites for hydroxylation is 1. The van der Waals surface area contributed by atoms with Crippen LogP contribution in [0.3, 0.4) is 0 Å². The number of carbonyl (C=O) groups is 1. The van der Waals surface area contributed by atoms with Crippen LogP contribution in [0.4, 0.5) is 0 Å². The molecule has 0 saturated heterocycles. The Kier molecular flexibility index (Phi) is 4.05. The van der Waals surface area contributed by atoms with Gasteiger partial charge in [0.1, 0.15) is 5.69 Å². The van der Waals surface area contributed by atoms with Gasteiger partial charge in [0.2, 0.25) is 0 Å². The van der Waals surface area contributed by atoms with E-state index in [-0.39, 0.29) is 17.3 Å². The summed E-state index contributed by atoms with van der Waals surface area (Å²) in [6.07, 6.45) is 7.09.